The second-order valence-electron chi connectivity index (χ2n) is 4.32. The Kier molecular flexibility index (Phi) is 5.49. The van der Waals surface area contributed by atoms with Crippen molar-refractivity contribution in [2.45, 2.75) is 46.1 Å². The number of rotatable bonds is 5. The molecule has 2 heteroatoms. The van der Waals surface area contributed by atoms with Crippen molar-refractivity contribution in [3.05, 3.63) is 0 Å². The summed E-state index contributed by atoms with van der Waals surface area (Å²) in [6.07, 6.45) is 4.11. The lowest BCUT2D eigenvalue weighted by atomic mass is 10.1. The highest BCUT2D eigenvalue weighted by Gasteiger charge is 2.23. The topological polar surface area (TPSA) is 6.48 Å². The average molecular weight is 198 g/mol. The summed E-state index contributed by atoms with van der Waals surface area (Å²) >= 11 is 0. The van der Waals surface area contributed by atoms with E-state index >= 15 is 0 Å². The minimum Gasteiger partial charge on any atom is -0.301 e. The lowest BCUT2D eigenvalue weighted by Crippen LogP contribution is -2.52. The molecule has 84 valence electrons. The highest BCUT2D eigenvalue weighted by molar-refractivity contribution is 4.80. The average Bonchev–Trinajstić information content (AvgIpc) is 2.25. The fourth-order valence-corrected chi connectivity index (χ4v) is 2.37. The van der Waals surface area contributed by atoms with E-state index in [4.69, 9.17) is 0 Å². The third kappa shape index (κ3) is 3.25. The van der Waals surface area contributed by atoms with Crippen molar-refractivity contribution in [2.75, 3.05) is 32.7 Å². The van der Waals surface area contributed by atoms with Crippen molar-refractivity contribution in [3.63, 3.8) is 0 Å². The zero-order chi connectivity index (χ0) is 10.4. The molecule has 0 N–H and O–H groups in total. The molecule has 0 bridgehead atoms. The lowest BCUT2D eigenvalue weighted by molar-refractivity contribution is 0.0760. The van der Waals surface area contributed by atoms with Crippen molar-refractivity contribution >= 4 is 0 Å². The van der Waals surface area contributed by atoms with Crippen LogP contribution in [0.4, 0.5) is 0 Å². The van der Waals surface area contributed by atoms with Gasteiger partial charge in [-0.1, -0.05) is 33.6 Å². The van der Waals surface area contributed by atoms with Crippen LogP contribution in [-0.4, -0.2) is 48.6 Å². The van der Waals surface area contributed by atoms with Gasteiger partial charge < -0.3 is 4.90 Å². The number of likely N-dealkylation sites (N-methyl/N-ethyl adjacent to an activating group) is 2. The van der Waals surface area contributed by atoms with Crippen molar-refractivity contribution in [2.24, 2.45) is 0 Å². The summed E-state index contributed by atoms with van der Waals surface area (Å²) in [4.78, 5) is 5.24. The van der Waals surface area contributed by atoms with Gasteiger partial charge in [0.25, 0.3) is 0 Å². The Morgan fingerprint density at radius 2 is 1.86 bits per heavy atom. The van der Waals surface area contributed by atoms with E-state index < -0.39 is 0 Å². The molecule has 0 saturated carbocycles. The highest BCUT2D eigenvalue weighted by atomic mass is 15.3. The molecule has 0 aromatic heterocycles. The molecule has 1 atom stereocenters. The molecule has 1 heterocycles. The van der Waals surface area contributed by atoms with Gasteiger partial charge in [-0.05, 0) is 19.5 Å². The molecule has 0 aromatic rings. The first-order valence-electron chi connectivity index (χ1n) is 6.28. The van der Waals surface area contributed by atoms with Gasteiger partial charge in [-0.3, -0.25) is 4.90 Å². The summed E-state index contributed by atoms with van der Waals surface area (Å²) in [5.74, 6) is 0. The summed E-state index contributed by atoms with van der Waals surface area (Å²) in [5, 5.41) is 0. The van der Waals surface area contributed by atoms with E-state index in [1.807, 2.05) is 0 Å². The Hall–Kier alpha value is -0.0800. The molecule has 0 spiro atoms. The summed E-state index contributed by atoms with van der Waals surface area (Å²) in [5.41, 5.74) is 0. The van der Waals surface area contributed by atoms with Crippen LogP contribution in [0.3, 0.4) is 0 Å². The molecule has 1 rings (SSSR count). The van der Waals surface area contributed by atoms with Gasteiger partial charge in [0.15, 0.2) is 0 Å². The Morgan fingerprint density at radius 1 is 1.07 bits per heavy atom. The third-order valence-corrected chi connectivity index (χ3v) is 3.43. The Balaban J connectivity index is 2.38. The van der Waals surface area contributed by atoms with Crippen LogP contribution in [0.5, 0.6) is 0 Å². The fraction of sp³-hybridized carbons (Fsp3) is 1.00. The predicted octanol–water partition coefficient (Wildman–Crippen LogP) is 2.20. The quantitative estimate of drug-likeness (QED) is 0.668. The van der Waals surface area contributed by atoms with Crippen LogP contribution in [0, 0.1) is 0 Å². The number of hydrogen-bond acceptors (Lipinski definition) is 2. The first-order valence-corrected chi connectivity index (χ1v) is 6.28. The van der Waals surface area contributed by atoms with Gasteiger partial charge in [-0.2, -0.15) is 0 Å². The SMILES string of the molecule is CCCC[C@@H]1CN(CC)CCN1CC. The maximum atomic E-state index is 2.65. The third-order valence-electron chi connectivity index (χ3n) is 3.43. The highest BCUT2D eigenvalue weighted by Crippen LogP contribution is 2.14. The molecule has 14 heavy (non-hydrogen) atoms. The van der Waals surface area contributed by atoms with E-state index in [2.05, 4.69) is 30.6 Å². The second kappa shape index (κ2) is 6.41. The van der Waals surface area contributed by atoms with Gasteiger partial charge in [0.1, 0.15) is 0 Å². The van der Waals surface area contributed by atoms with E-state index in [9.17, 15) is 0 Å². The summed E-state index contributed by atoms with van der Waals surface area (Å²) in [6, 6.07) is 0.827. The second-order valence-corrected chi connectivity index (χ2v) is 4.32. The number of piperazine rings is 1. The predicted molar refractivity (Wildman–Crippen MR) is 62.7 cm³/mol. The molecule has 1 aliphatic rings. The van der Waals surface area contributed by atoms with E-state index in [1.165, 1.54) is 52.0 Å². The van der Waals surface area contributed by atoms with Crippen LogP contribution < -0.4 is 0 Å². The van der Waals surface area contributed by atoms with Crippen LogP contribution in [0.2, 0.25) is 0 Å². The van der Waals surface area contributed by atoms with Gasteiger partial charge in [0.05, 0.1) is 0 Å². The molecule has 1 aliphatic heterocycles. The first-order chi connectivity index (χ1) is 6.81. The molecular weight excluding hydrogens is 172 g/mol. The zero-order valence-electron chi connectivity index (χ0n) is 10.1. The normalized spacial score (nSPS) is 25.5. The van der Waals surface area contributed by atoms with Crippen molar-refractivity contribution in [1.82, 2.24) is 9.80 Å². The van der Waals surface area contributed by atoms with Crippen LogP contribution in [0.1, 0.15) is 40.0 Å². The maximum Gasteiger partial charge on any atom is 0.0223 e. The molecule has 0 aliphatic carbocycles. The lowest BCUT2D eigenvalue weighted by Gasteiger charge is -2.40. The number of unbranched alkanes of at least 4 members (excludes halogenated alkanes) is 1. The molecule has 0 unspecified atom stereocenters. The van der Waals surface area contributed by atoms with E-state index in [0.717, 1.165) is 6.04 Å². The number of nitrogens with zero attached hydrogens (tertiary/aromatic N) is 2. The monoisotopic (exact) mass is 198 g/mol. The summed E-state index contributed by atoms with van der Waals surface area (Å²) in [7, 11) is 0. The summed E-state index contributed by atoms with van der Waals surface area (Å²) < 4.78 is 0. The van der Waals surface area contributed by atoms with Crippen molar-refractivity contribution < 1.29 is 0 Å². The molecule has 0 aromatic carbocycles. The smallest absolute Gasteiger partial charge is 0.0223 e. The van der Waals surface area contributed by atoms with Crippen LogP contribution >= 0.6 is 0 Å². The summed E-state index contributed by atoms with van der Waals surface area (Å²) in [6.45, 7) is 13.2. The largest absolute Gasteiger partial charge is 0.301 e. The molecule has 0 radical (unpaired) electrons. The van der Waals surface area contributed by atoms with Crippen LogP contribution in [0.25, 0.3) is 0 Å². The Bertz CT molecular complexity index is 147. The fourth-order valence-electron chi connectivity index (χ4n) is 2.37. The van der Waals surface area contributed by atoms with Gasteiger partial charge in [-0.25, -0.2) is 0 Å². The minimum atomic E-state index is 0.827. The van der Waals surface area contributed by atoms with Crippen molar-refractivity contribution in [1.29, 1.82) is 0 Å². The molecular formula is C12H26N2. The minimum absolute atomic E-state index is 0.827. The standard InChI is InChI=1S/C12H26N2/c1-4-7-8-12-11-13(5-2)9-10-14(12)6-3/h12H,4-11H2,1-3H3/t12-/m1/s1. The van der Waals surface area contributed by atoms with Gasteiger partial charge in [0, 0.05) is 25.7 Å². The molecule has 1 fully saturated rings. The van der Waals surface area contributed by atoms with Crippen molar-refractivity contribution in [3.8, 4) is 0 Å². The van der Waals surface area contributed by atoms with Gasteiger partial charge in [-0.15, -0.1) is 0 Å². The Labute approximate surface area is 89.3 Å². The maximum absolute atomic E-state index is 2.65. The molecule has 1 saturated heterocycles. The van der Waals surface area contributed by atoms with Crippen LogP contribution in [0.15, 0.2) is 0 Å². The van der Waals surface area contributed by atoms with Crippen LogP contribution in [-0.2, 0) is 0 Å². The van der Waals surface area contributed by atoms with Gasteiger partial charge in [0.2, 0.25) is 0 Å². The molecule has 2 nitrogen and oxygen atoms in total. The Morgan fingerprint density at radius 3 is 2.43 bits per heavy atom. The van der Waals surface area contributed by atoms with Gasteiger partial charge >= 0.3 is 0 Å². The van der Waals surface area contributed by atoms with E-state index in [0.29, 0.717) is 0 Å². The van der Waals surface area contributed by atoms with E-state index in [1.54, 1.807) is 0 Å². The zero-order valence-corrected chi connectivity index (χ0v) is 10.1. The number of hydrogen-bond donors (Lipinski definition) is 0. The van der Waals surface area contributed by atoms with E-state index in [-0.39, 0.29) is 0 Å². The first kappa shape index (κ1) is 12.0. The molecule has 0 amide bonds.